The second-order valence-electron chi connectivity index (χ2n) is 5.40. The van der Waals surface area contributed by atoms with E-state index in [4.69, 9.17) is 0 Å². The van der Waals surface area contributed by atoms with E-state index >= 15 is 0 Å². The molecule has 3 rings (SSSR count). The van der Waals surface area contributed by atoms with Crippen LogP contribution in [-0.2, 0) is 13.6 Å². The van der Waals surface area contributed by atoms with Gasteiger partial charge in [-0.15, -0.1) is 0 Å². The van der Waals surface area contributed by atoms with Gasteiger partial charge < -0.3 is 0 Å². The molecule has 0 unspecified atom stereocenters. The molecule has 0 spiro atoms. The van der Waals surface area contributed by atoms with E-state index in [1.807, 2.05) is 11.7 Å². The van der Waals surface area contributed by atoms with Crippen molar-refractivity contribution in [3.05, 3.63) is 28.6 Å². The van der Waals surface area contributed by atoms with Gasteiger partial charge in [0, 0.05) is 38.4 Å². The smallest absolute Gasteiger partial charge is 0.0638 e. The first-order chi connectivity index (χ1) is 8.22. The minimum Gasteiger partial charge on any atom is -0.298 e. The lowest BCUT2D eigenvalue weighted by Gasteiger charge is -2.28. The molecule has 1 aromatic heterocycles. The summed E-state index contributed by atoms with van der Waals surface area (Å²) in [4.78, 5) is 2.57. The van der Waals surface area contributed by atoms with Crippen LogP contribution in [0.15, 0.2) is 17.3 Å². The highest BCUT2D eigenvalue weighted by Gasteiger charge is 2.22. The van der Waals surface area contributed by atoms with Crippen molar-refractivity contribution >= 4 is 0 Å². The average Bonchev–Trinajstić information content (AvgIpc) is 3.08. The molecule has 17 heavy (non-hydrogen) atoms. The molecule has 0 N–H and O–H groups in total. The van der Waals surface area contributed by atoms with Crippen LogP contribution < -0.4 is 0 Å². The lowest BCUT2D eigenvalue weighted by atomic mass is 10.0. The first-order valence-electron chi connectivity index (χ1n) is 6.63. The zero-order chi connectivity index (χ0) is 11.8. The van der Waals surface area contributed by atoms with Crippen LogP contribution in [0, 0.1) is 6.92 Å². The Morgan fingerprint density at radius 1 is 1.12 bits per heavy atom. The Balaban J connectivity index is 1.60. The fraction of sp³-hybridized carbons (Fsp3) is 0.643. The molecule has 92 valence electrons. The van der Waals surface area contributed by atoms with Crippen molar-refractivity contribution in [3.63, 3.8) is 0 Å². The number of aromatic nitrogens is 2. The lowest BCUT2D eigenvalue weighted by Crippen LogP contribution is -2.30. The summed E-state index contributed by atoms with van der Waals surface area (Å²) in [6.07, 6.45) is 7.53. The number of aryl methyl sites for hydroxylation is 2. The van der Waals surface area contributed by atoms with Crippen molar-refractivity contribution in [1.82, 2.24) is 14.7 Å². The third-order valence-corrected chi connectivity index (χ3v) is 3.97. The average molecular weight is 231 g/mol. The monoisotopic (exact) mass is 231 g/mol. The van der Waals surface area contributed by atoms with E-state index in [9.17, 15) is 0 Å². The maximum atomic E-state index is 4.41. The second-order valence-corrected chi connectivity index (χ2v) is 5.40. The van der Waals surface area contributed by atoms with Crippen LogP contribution in [0.25, 0.3) is 0 Å². The SMILES string of the molecule is Cc1nn(C)cc1CN1CCC(=C2CC2)CC1. The summed E-state index contributed by atoms with van der Waals surface area (Å²) in [6.45, 7) is 5.64. The number of allylic oxidation sites excluding steroid dienone is 1. The molecular weight excluding hydrogens is 210 g/mol. The van der Waals surface area contributed by atoms with Crippen molar-refractivity contribution in [2.24, 2.45) is 7.05 Å². The number of nitrogens with zero attached hydrogens (tertiary/aromatic N) is 3. The first-order valence-corrected chi connectivity index (χ1v) is 6.63. The molecular formula is C14H21N3. The fourth-order valence-corrected chi connectivity index (χ4v) is 2.80. The number of piperidine rings is 1. The molecule has 2 fully saturated rings. The molecule has 3 nitrogen and oxygen atoms in total. The molecule has 1 aromatic rings. The van der Waals surface area contributed by atoms with E-state index in [0.29, 0.717) is 0 Å². The zero-order valence-corrected chi connectivity index (χ0v) is 10.9. The van der Waals surface area contributed by atoms with Gasteiger partial charge in [-0.1, -0.05) is 11.1 Å². The Hall–Kier alpha value is -1.09. The summed E-state index contributed by atoms with van der Waals surface area (Å²) in [5.41, 5.74) is 6.10. The van der Waals surface area contributed by atoms with Gasteiger partial charge in [-0.25, -0.2) is 0 Å². The van der Waals surface area contributed by atoms with Crippen LogP contribution in [0.1, 0.15) is 36.9 Å². The normalized spacial score (nSPS) is 21.1. The van der Waals surface area contributed by atoms with Crippen molar-refractivity contribution in [2.45, 2.75) is 39.2 Å². The quantitative estimate of drug-likeness (QED) is 0.729. The summed E-state index contributed by atoms with van der Waals surface area (Å²) < 4.78 is 1.92. The van der Waals surface area contributed by atoms with Crippen LogP contribution in [-0.4, -0.2) is 27.8 Å². The van der Waals surface area contributed by atoms with Crippen molar-refractivity contribution in [2.75, 3.05) is 13.1 Å². The van der Waals surface area contributed by atoms with E-state index in [-0.39, 0.29) is 0 Å². The van der Waals surface area contributed by atoms with Gasteiger partial charge in [0.1, 0.15) is 0 Å². The Bertz CT molecular complexity index is 440. The summed E-state index contributed by atoms with van der Waals surface area (Å²) in [6, 6.07) is 0. The van der Waals surface area contributed by atoms with Gasteiger partial charge >= 0.3 is 0 Å². The van der Waals surface area contributed by atoms with E-state index in [1.165, 1.54) is 50.0 Å². The Kier molecular flexibility index (Phi) is 2.79. The van der Waals surface area contributed by atoms with Gasteiger partial charge in [-0.05, 0) is 32.6 Å². The first kappa shape index (κ1) is 11.0. The van der Waals surface area contributed by atoms with E-state index < -0.39 is 0 Å². The number of likely N-dealkylation sites (tertiary alicyclic amines) is 1. The molecule has 0 atom stereocenters. The topological polar surface area (TPSA) is 21.1 Å². The van der Waals surface area contributed by atoms with Gasteiger partial charge in [0.2, 0.25) is 0 Å². The van der Waals surface area contributed by atoms with Crippen LogP contribution in [0.5, 0.6) is 0 Å². The largest absolute Gasteiger partial charge is 0.298 e. The summed E-state index contributed by atoms with van der Waals surface area (Å²) in [7, 11) is 2.00. The summed E-state index contributed by atoms with van der Waals surface area (Å²) in [5, 5.41) is 4.41. The predicted molar refractivity (Wildman–Crippen MR) is 68.7 cm³/mol. The molecule has 0 aromatic carbocycles. The van der Waals surface area contributed by atoms with Crippen LogP contribution >= 0.6 is 0 Å². The van der Waals surface area contributed by atoms with E-state index in [2.05, 4.69) is 23.1 Å². The third kappa shape index (κ3) is 2.44. The van der Waals surface area contributed by atoms with Crippen LogP contribution in [0.4, 0.5) is 0 Å². The standard InChI is InChI=1S/C14H21N3/c1-11-14(9-16(2)15-11)10-17-7-5-13(6-8-17)12-3-4-12/h9H,3-8,10H2,1-2H3. The molecule has 0 bridgehead atoms. The van der Waals surface area contributed by atoms with Gasteiger partial charge in [-0.2, -0.15) is 5.10 Å². The summed E-state index contributed by atoms with van der Waals surface area (Å²) >= 11 is 0. The maximum Gasteiger partial charge on any atom is 0.0638 e. The van der Waals surface area contributed by atoms with Gasteiger partial charge in [0.05, 0.1) is 5.69 Å². The second kappa shape index (κ2) is 4.30. The van der Waals surface area contributed by atoms with Crippen LogP contribution in [0.3, 0.4) is 0 Å². The predicted octanol–water partition coefficient (Wildman–Crippen LogP) is 2.41. The highest BCUT2D eigenvalue weighted by atomic mass is 15.3. The molecule has 0 amide bonds. The Morgan fingerprint density at radius 3 is 2.29 bits per heavy atom. The highest BCUT2D eigenvalue weighted by Crippen LogP contribution is 2.36. The van der Waals surface area contributed by atoms with Crippen molar-refractivity contribution < 1.29 is 0 Å². The minimum atomic E-state index is 1.07. The minimum absolute atomic E-state index is 1.07. The van der Waals surface area contributed by atoms with E-state index in [1.54, 1.807) is 11.1 Å². The molecule has 1 aliphatic carbocycles. The molecule has 1 aliphatic heterocycles. The maximum absolute atomic E-state index is 4.41. The van der Waals surface area contributed by atoms with Crippen molar-refractivity contribution in [1.29, 1.82) is 0 Å². The number of hydrogen-bond donors (Lipinski definition) is 0. The van der Waals surface area contributed by atoms with E-state index in [0.717, 1.165) is 6.54 Å². The fourth-order valence-electron chi connectivity index (χ4n) is 2.80. The Labute approximate surface area is 103 Å². The number of rotatable bonds is 2. The lowest BCUT2D eigenvalue weighted by molar-refractivity contribution is 0.247. The number of hydrogen-bond acceptors (Lipinski definition) is 2. The van der Waals surface area contributed by atoms with Gasteiger partial charge in [0.15, 0.2) is 0 Å². The molecule has 3 heteroatoms. The Morgan fingerprint density at radius 2 is 1.76 bits per heavy atom. The molecule has 0 radical (unpaired) electrons. The molecule has 1 saturated heterocycles. The van der Waals surface area contributed by atoms with Gasteiger partial charge in [-0.3, -0.25) is 9.58 Å². The molecule has 1 saturated carbocycles. The summed E-state index contributed by atoms with van der Waals surface area (Å²) in [5.74, 6) is 0. The van der Waals surface area contributed by atoms with Crippen molar-refractivity contribution in [3.8, 4) is 0 Å². The third-order valence-electron chi connectivity index (χ3n) is 3.97. The van der Waals surface area contributed by atoms with Gasteiger partial charge in [0.25, 0.3) is 0 Å². The van der Waals surface area contributed by atoms with Crippen LogP contribution in [0.2, 0.25) is 0 Å². The highest BCUT2D eigenvalue weighted by molar-refractivity contribution is 5.26. The molecule has 2 aliphatic rings. The molecule has 2 heterocycles. The zero-order valence-electron chi connectivity index (χ0n) is 10.9.